The monoisotopic (exact) mass is 487 g/mol. The van der Waals surface area contributed by atoms with Crippen LogP contribution in [0.4, 0.5) is 4.39 Å². The number of benzene rings is 2. The summed E-state index contributed by atoms with van der Waals surface area (Å²) in [6, 6.07) is 15.5. The van der Waals surface area contributed by atoms with Gasteiger partial charge in [0.05, 0.1) is 0 Å². The lowest BCUT2D eigenvalue weighted by Gasteiger charge is -2.36. The topological polar surface area (TPSA) is 69.7 Å². The highest BCUT2D eigenvalue weighted by atomic mass is 32.2. The summed E-state index contributed by atoms with van der Waals surface area (Å²) in [5.74, 6) is -1.15. The van der Waals surface area contributed by atoms with Crippen molar-refractivity contribution in [1.82, 2.24) is 14.5 Å². The molecule has 1 saturated heterocycles. The Kier molecular flexibility index (Phi) is 7.54. The van der Waals surface area contributed by atoms with E-state index in [0.29, 0.717) is 26.2 Å². The largest absolute Gasteiger partial charge is 0.339 e. The van der Waals surface area contributed by atoms with Crippen LogP contribution in [0.15, 0.2) is 76.3 Å². The van der Waals surface area contributed by atoms with Crippen molar-refractivity contribution in [3.8, 4) is 0 Å². The third-order valence-corrected chi connectivity index (χ3v) is 7.91. The number of hydrogen-bond acceptors (Lipinski definition) is 5. The Balaban J connectivity index is 1.48. The second-order valence-electron chi connectivity index (χ2n) is 8.03. The van der Waals surface area contributed by atoms with E-state index in [0.717, 1.165) is 18.2 Å². The predicted molar refractivity (Wildman–Crippen MR) is 127 cm³/mol. The minimum atomic E-state index is -4.22. The summed E-state index contributed by atoms with van der Waals surface area (Å²) in [6.07, 6.45) is 0.183. The first-order chi connectivity index (χ1) is 15.9. The number of halogens is 1. The number of sulfonamides is 1. The van der Waals surface area contributed by atoms with Gasteiger partial charge in [-0.15, -0.1) is 0 Å². The third-order valence-electron chi connectivity index (χ3n) is 5.67. The molecule has 0 spiro atoms. The van der Waals surface area contributed by atoms with Gasteiger partial charge in [-0.2, -0.15) is 16.1 Å². The summed E-state index contributed by atoms with van der Waals surface area (Å²) < 4.78 is 42.6. The fourth-order valence-corrected chi connectivity index (χ4v) is 5.86. The lowest BCUT2D eigenvalue weighted by atomic mass is 10.1. The molecule has 1 aliphatic heterocycles. The molecule has 174 valence electrons. The van der Waals surface area contributed by atoms with Crippen molar-refractivity contribution >= 4 is 27.3 Å². The molecule has 0 bridgehead atoms. The number of carbonyl (C=O) groups is 1. The molecule has 4 rings (SSSR count). The van der Waals surface area contributed by atoms with Crippen molar-refractivity contribution in [2.45, 2.75) is 23.9 Å². The molecule has 2 heterocycles. The molecule has 0 saturated carbocycles. The van der Waals surface area contributed by atoms with Gasteiger partial charge < -0.3 is 4.90 Å². The van der Waals surface area contributed by atoms with Crippen LogP contribution >= 0.6 is 11.3 Å². The predicted octanol–water partition coefficient (Wildman–Crippen LogP) is 3.12. The molecule has 1 fully saturated rings. The Morgan fingerprint density at radius 2 is 1.67 bits per heavy atom. The minimum Gasteiger partial charge on any atom is -0.339 e. The maximum atomic E-state index is 14.2. The number of piperazine rings is 1. The average molecular weight is 488 g/mol. The third kappa shape index (κ3) is 6.05. The van der Waals surface area contributed by atoms with Crippen molar-refractivity contribution in [2.24, 2.45) is 0 Å². The van der Waals surface area contributed by atoms with E-state index < -0.39 is 26.8 Å². The first-order valence-electron chi connectivity index (χ1n) is 10.8. The Morgan fingerprint density at radius 1 is 0.970 bits per heavy atom. The van der Waals surface area contributed by atoms with Crippen LogP contribution in [0.5, 0.6) is 0 Å². The summed E-state index contributed by atoms with van der Waals surface area (Å²) in [5, 5.41) is 4.16. The van der Waals surface area contributed by atoms with Crippen LogP contribution in [-0.2, 0) is 27.8 Å². The highest BCUT2D eigenvalue weighted by Gasteiger charge is 2.32. The standard InChI is InChI=1S/C24H26FN3O3S2/c25-21-8-4-5-9-23(21)33(30,31)26-22(16-19-6-2-1-3-7-19)24(29)28-13-11-27(12-14-28)17-20-10-15-32-18-20/h1-10,15,18,22,26H,11-14,16-17H2. The molecule has 1 atom stereocenters. The van der Waals surface area contributed by atoms with Crippen LogP contribution in [0.1, 0.15) is 11.1 Å². The first-order valence-corrected chi connectivity index (χ1v) is 13.2. The molecular weight excluding hydrogens is 461 g/mol. The van der Waals surface area contributed by atoms with Crippen LogP contribution in [0.2, 0.25) is 0 Å². The van der Waals surface area contributed by atoms with E-state index in [9.17, 15) is 17.6 Å². The van der Waals surface area contributed by atoms with Gasteiger partial charge in [-0.3, -0.25) is 9.69 Å². The lowest BCUT2D eigenvalue weighted by molar-refractivity contribution is -0.134. The molecule has 9 heteroatoms. The summed E-state index contributed by atoms with van der Waals surface area (Å²) in [7, 11) is -4.22. The van der Waals surface area contributed by atoms with Crippen LogP contribution in [0.3, 0.4) is 0 Å². The second-order valence-corrected chi connectivity index (χ2v) is 10.5. The molecule has 1 amide bonds. The molecular formula is C24H26FN3O3S2. The fourth-order valence-electron chi connectivity index (χ4n) is 3.93. The number of nitrogens with one attached hydrogen (secondary N) is 1. The number of carbonyl (C=O) groups excluding carboxylic acids is 1. The van der Waals surface area contributed by atoms with Gasteiger partial charge in [0.25, 0.3) is 0 Å². The van der Waals surface area contributed by atoms with Gasteiger partial charge in [0.2, 0.25) is 15.9 Å². The Labute approximate surface area is 197 Å². The summed E-state index contributed by atoms with van der Waals surface area (Å²) in [4.78, 5) is 16.9. The molecule has 2 aromatic carbocycles. The minimum absolute atomic E-state index is 0.183. The Bertz CT molecular complexity index is 1160. The highest BCUT2D eigenvalue weighted by Crippen LogP contribution is 2.17. The quantitative estimate of drug-likeness (QED) is 0.530. The van der Waals surface area contributed by atoms with E-state index in [1.807, 2.05) is 35.7 Å². The van der Waals surface area contributed by atoms with E-state index in [1.165, 1.54) is 23.8 Å². The van der Waals surface area contributed by atoms with Gasteiger partial charge in [-0.1, -0.05) is 42.5 Å². The molecule has 1 N–H and O–H groups in total. The number of hydrogen-bond donors (Lipinski definition) is 1. The van der Waals surface area contributed by atoms with Crippen LogP contribution < -0.4 is 4.72 Å². The number of thiophene rings is 1. The van der Waals surface area contributed by atoms with Gasteiger partial charge in [-0.25, -0.2) is 12.8 Å². The maximum Gasteiger partial charge on any atom is 0.244 e. The molecule has 1 aliphatic rings. The molecule has 3 aromatic rings. The van der Waals surface area contributed by atoms with Crippen LogP contribution in [0.25, 0.3) is 0 Å². The SMILES string of the molecule is O=C(C(Cc1ccccc1)NS(=O)(=O)c1ccccc1F)N1CCN(Cc2ccsc2)CC1. The first kappa shape index (κ1) is 23.6. The summed E-state index contributed by atoms with van der Waals surface area (Å²) >= 11 is 1.66. The van der Waals surface area contributed by atoms with E-state index in [2.05, 4.69) is 21.1 Å². The highest BCUT2D eigenvalue weighted by molar-refractivity contribution is 7.89. The zero-order valence-electron chi connectivity index (χ0n) is 18.1. The van der Waals surface area contributed by atoms with Gasteiger partial charge in [0.15, 0.2) is 0 Å². The Morgan fingerprint density at radius 3 is 2.33 bits per heavy atom. The smallest absolute Gasteiger partial charge is 0.244 e. The van der Waals surface area contributed by atoms with E-state index in [1.54, 1.807) is 16.2 Å². The lowest BCUT2D eigenvalue weighted by Crippen LogP contribution is -2.55. The number of rotatable bonds is 8. The van der Waals surface area contributed by atoms with Crippen LogP contribution in [-0.4, -0.2) is 56.3 Å². The van der Waals surface area contributed by atoms with Crippen molar-refractivity contribution in [1.29, 1.82) is 0 Å². The zero-order chi connectivity index (χ0) is 23.3. The molecule has 1 unspecified atom stereocenters. The van der Waals surface area contributed by atoms with Crippen molar-refractivity contribution in [3.05, 3.63) is 88.4 Å². The van der Waals surface area contributed by atoms with Gasteiger partial charge in [0, 0.05) is 32.7 Å². The second kappa shape index (κ2) is 10.6. The average Bonchev–Trinajstić information content (AvgIpc) is 3.32. The van der Waals surface area contributed by atoms with E-state index in [-0.39, 0.29) is 12.3 Å². The zero-order valence-corrected chi connectivity index (χ0v) is 19.7. The molecule has 0 radical (unpaired) electrons. The van der Waals surface area contributed by atoms with E-state index >= 15 is 0 Å². The molecule has 33 heavy (non-hydrogen) atoms. The Hall–Kier alpha value is -2.59. The van der Waals surface area contributed by atoms with Crippen molar-refractivity contribution < 1.29 is 17.6 Å². The van der Waals surface area contributed by atoms with Gasteiger partial charge in [0.1, 0.15) is 16.8 Å². The summed E-state index contributed by atoms with van der Waals surface area (Å²) in [6.45, 7) is 3.27. The van der Waals surface area contributed by atoms with Gasteiger partial charge in [-0.05, 0) is 46.5 Å². The van der Waals surface area contributed by atoms with Crippen LogP contribution in [0, 0.1) is 5.82 Å². The van der Waals surface area contributed by atoms with E-state index in [4.69, 9.17) is 0 Å². The van der Waals surface area contributed by atoms with Crippen molar-refractivity contribution in [2.75, 3.05) is 26.2 Å². The van der Waals surface area contributed by atoms with Gasteiger partial charge >= 0.3 is 0 Å². The summed E-state index contributed by atoms with van der Waals surface area (Å²) in [5.41, 5.74) is 2.07. The molecule has 0 aliphatic carbocycles. The maximum absolute atomic E-state index is 14.2. The van der Waals surface area contributed by atoms with Crippen molar-refractivity contribution in [3.63, 3.8) is 0 Å². The fraction of sp³-hybridized carbons (Fsp3) is 0.292. The normalized spacial score (nSPS) is 16.0. The number of nitrogens with zero attached hydrogens (tertiary/aromatic N) is 2. The molecule has 6 nitrogen and oxygen atoms in total. The number of amides is 1. The molecule has 1 aromatic heterocycles.